The molecule has 22 nitrogen and oxygen atoms in total. The molecule has 2 aromatic carbocycles. The summed E-state index contributed by atoms with van der Waals surface area (Å²) in [6.45, 7) is 0.199. The number of guanidine groups is 1. The maximum Gasteiger partial charge on any atom is 0.325 e. The minimum absolute atomic E-state index is 0.0370. The Hall–Kier alpha value is -7.78. The molecule has 1 unspecified atom stereocenters. The molecule has 4 heterocycles. The highest BCUT2D eigenvalue weighted by atomic mass is 16.2. The van der Waals surface area contributed by atoms with Crippen molar-refractivity contribution in [3.8, 4) is 0 Å². The number of rotatable bonds is 11. The number of para-hydroxylation sites is 1. The fourth-order valence-corrected chi connectivity index (χ4v) is 7.78. The Morgan fingerprint density at radius 2 is 1.45 bits per heavy atom. The third-order valence-corrected chi connectivity index (χ3v) is 11.2. The van der Waals surface area contributed by atoms with E-state index in [1.165, 1.54) is 12.5 Å². The zero-order valence-electron chi connectivity index (χ0n) is 35.5. The van der Waals surface area contributed by atoms with Gasteiger partial charge in [0.2, 0.25) is 35.4 Å². The molecule has 0 aliphatic carbocycles. The van der Waals surface area contributed by atoms with Gasteiger partial charge in [0, 0.05) is 61.3 Å². The van der Waals surface area contributed by atoms with Crippen LogP contribution in [0.25, 0.3) is 10.9 Å². The van der Waals surface area contributed by atoms with Gasteiger partial charge in [0.25, 0.3) is 5.91 Å². The van der Waals surface area contributed by atoms with Gasteiger partial charge in [0.1, 0.15) is 36.3 Å². The van der Waals surface area contributed by atoms with Crippen molar-refractivity contribution < 1.29 is 38.4 Å². The van der Waals surface area contributed by atoms with E-state index in [-0.39, 0.29) is 57.6 Å². The second-order valence-electron chi connectivity index (χ2n) is 15.9. The van der Waals surface area contributed by atoms with Gasteiger partial charge in [-0.05, 0) is 49.3 Å². The van der Waals surface area contributed by atoms with Crippen molar-refractivity contribution in [2.45, 2.75) is 94.0 Å². The molecule has 65 heavy (non-hydrogen) atoms. The van der Waals surface area contributed by atoms with Crippen LogP contribution in [0.5, 0.6) is 0 Å². The Morgan fingerprint density at radius 3 is 2.18 bits per heavy atom. The Bertz CT molecular complexity index is 2380. The number of benzene rings is 2. The Kier molecular flexibility index (Phi) is 15.8. The molecule has 4 aromatic rings. The first-order chi connectivity index (χ1) is 31.3. The molecule has 0 radical (unpaired) electrons. The number of primary amides is 1. The second-order valence-corrected chi connectivity index (χ2v) is 15.9. The maximum absolute atomic E-state index is 14.5. The molecule has 0 spiro atoms. The van der Waals surface area contributed by atoms with Gasteiger partial charge in [-0.2, -0.15) is 0 Å². The van der Waals surface area contributed by atoms with Crippen molar-refractivity contribution in [2.24, 2.45) is 22.2 Å². The number of carbonyl (C=O) groups is 8. The molecule has 2 aliphatic rings. The van der Waals surface area contributed by atoms with Crippen molar-refractivity contribution in [3.63, 3.8) is 0 Å². The van der Waals surface area contributed by atoms with Crippen LogP contribution >= 0.6 is 0 Å². The fraction of sp³-hybridized carbons (Fsp3) is 0.395. The van der Waals surface area contributed by atoms with E-state index < -0.39 is 90.1 Å². The normalized spacial score (nSPS) is 23.1. The number of aromatic amines is 2. The summed E-state index contributed by atoms with van der Waals surface area (Å²) in [6.07, 6.45) is 4.57. The van der Waals surface area contributed by atoms with Crippen LogP contribution in [0, 0.1) is 0 Å². The number of nitrogens with two attached hydrogens (primary N) is 3. The largest absolute Gasteiger partial charge is 0.370 e. The van der Waals surface area contributed by atoms with Gasteiger partial charge >= 0.3 is 6.03 Å². The van der Waals surface area contributed by atoms with E-state index in [2.05, 4.69) is 51.8 Å². The molecule has 22 heteroatoms. The number of nitrogens with one attached hydrogen (secondary N) is 8. The molecule has 2 fully saturated rings. The van der Waals surface area contributed by atoms with E-state index in [1.54, 1.807) is 36.5 Å². The molecule has 2 aromatic heterocycles. The van der Waals surface area contributed by atoms with Crippen LogP contribution < -0.4 is 49.1 Å². The number of H-pyrrole nitrogens is 2. The van der Waals surface area contributed by atoms with Gasteiger partial charge in [0.15, 0.2) is 5.96 Å². The third kappa shape index (κ3) is 12.7. The number of amides is 9. The van der Waals surface area contributed by atoms with Crippen LogP contribution in [0.3, 0.4) is 0 Å². The number of fused-ring (bicyclic) bond motifs is 3. The summed E-state index contributed by atoms with van der Waals surface area (Å²) in [5, 5.41) is 16.9. The lowest BCUT2D eigenvalue weighted by molar-refractivity contribution is -0.138. The summed E-state index contributed by atoms with van der Waals surface area (Å²) in [5.41, 5.74) is 19.3. The van der Waals surface area contributed by atoms with Gasteiger partial charge in [-0.25, -0.2) is 14.7 Å². The molecule has 2 saturated heterocycles. The van der Waals surface area contributed by atoms with Crippen LogP contribution in [0.15, 0.2) is 78.3 Å². The molecule has 2 aliphatic heterocycles. The SMILES string of the molecule is NC(=O)[C@H]1CCCCNC(=O)CC2NC(=O)N(C2=O)[C@@H](Cc2cnc[nH]2)C(=O)N[C@H](Cc2ccccc2)C(=O)N[C@H](CCCN=C(N)N)C(=O)N[C@@H](Cc2c[nH]c3ccccc23)C(=O)N1. The predicted molar refractivity (Wildman–Crippen MR) is 236 cm³/mol. The zero-order valence-corrected chi connectivity index (χ0v) is 35.5. The number of carbonyl (C=O) groups excluding carboxylic acids is 8. The van der Waals surface area contributed by atoms with E-state index in [4.69, 9.17) is 17.2 Å². The molecule has 0 saturated carbocycles. The number of hydrogen-bond acceptors (Lipinski definition) is 10. The maximum atomic E-state index is 14.5. The van der Waals surface area contributed by atoms with E-state index in [0.29, 0.717) is 29.7 Å². The number of hydrogen-bond donors (Lipinski definition) is 11. The lowest BCUT2D eigenvalue weighted by atomic mass is 10.0. The summed E-state index contributed by atoms with van der Waals surface area (Å²) in [7, 11) is 0. The first kappa shape index (κ1) is 46.7. The number of nitrogens with zero attached hydrogens (tertiary/aromatic N) is 3. The van der Waals surface area contributed by atoms with Gasteiger partial charge in [0.05, 0.1) is 12.7 Å². The zero-order chi connectivity index (χ0) is 46.5. The van der Waals surface area contributed by atoms with Crippen LogP contribution in [0.2, 0.25) is 0 Å². The minimum atomic E-state index is -1.52. The summed E-state index contributed by atoms with van der Waals surface area (Å²) in [5.74, 6) is -5.64. The standard InChI is InChI=1S/C43H54N14O8/c44-36(59)29-13-6-7-15-48-35(58)20-33-41(64)57(43(65)56-33)34(19-26-22-47-23-51-26)40(63)55-31(17-24-9-2-1-3-10-24)38(61)53-30(14-8-16-49-42(45)46)37(60)54-32(39(62)52-29)18-25-21-50-28-12-5-4-11-27(25)28/h1-5,9-12,21-23,29-34,50H,6-8,13-20H2,(H2,44,59)(H,47,51)(H,48,58)(H,52,62)(H,53,61)(H,54,60)(H,55,63)(H,56,65)(H4,45,46,49)/t29-,30-,31-,32+,33?,34+/m1/s1. The summed E-state index contributed by atoms with van der Waals surface area (Å²) in [6, 6.07) is 7.11. The van der Waals surface area contributed by atoms with Crippen molar-refractivity contribution in [1.29, 1.82) is 0 Å². The monoisotopic (exact) mass is 894 g/mol. The van der Waals surface area contributed by atoms with Gasteiger partial charge < -0.3 is 59.1 Å². The first-order valence-electron chi connectivity index (χ1n) is 21.3. The fourth-order valence-electron chi connectivity index (χ4n) is 7.78. The highest BCUT2D eigenvalue weighted by Gasteiger charge is 2.46. The average molecular weight is 895 g/mol. The third-order valence-electron chi connectivity index (χ3n) is 11.2. The van der Waals surface area contributed by atoms with E-state index in [1.807, 2.05) is 24.3 Å². The van der Waals surface area contributed by atoms with Gasteiger partial charge in [-0.1, -0.05) is 48.5 Å². The number of aromatic nitrogens is 3. The molecule has 2 bridgehead atoms. The van der Waals surface area contributed by atoms with Crippen LogP contribution in [-0.4, -0.2) is 123 Å². The van der Waals surface area contributed by atoms with E-state index in [0.717, 1.165) is 15.8 Å². The molecule has 6 atom stereocenters. The van der Waals surface area contributed by atoms with Crippen molar-refractivity contribution >= 4 is 64.2 Å². The van der Waals surface area contributed by atoms with Crippen molar-refractivity contribution in [2.75, 3.05) is 13.1 Å². The quantitative estimate of drug-likeness (QED) is 0.0352. The summed E-state index contributed by atoms with van der Waals surface area (Å²) >= 11 is 0. The highest BCUT2D eigenvalue weighted by Crippen LogP contribution is 2.21. The molecule has 6 rings (SSSR count). The van der Waals surface area contributed by atoms with Crippen LogP contribution in [0.1, 0.15) is 55.3 Å². The molecule has 14 N–H and O–H groups in total. The van der Waals surface area contributed by atoms with Crippen LogP contribution in [0.4, 0.5) is 4.79 Å². The van der Waals surface area contributed by atoms with Gasteiger partial charge in [-0.15, -0.1) is 0 Å². The van der Waals surface area contributed by atoms with Gasteiger partial charge in [-0.3, -0.25) is 38.6 Å². The number of aliphatic imine (C=N–C) groups is 1. The van der Waals surface area contributed by atoms with Crippen molar-refractivity contribution in [3.05, 3.63) is 90.1 Å². The Balaban J connectivity index is 1.37. The highest BCUT2D eigenvalue weighted by molar-refractivity contribution is 6.09. The lowest BCUT2D eigenvalue weighted by Crippen LogP contribution is -2.60. The lowest BCUT2D eigenvalue weighted by Gasteiger charge is -2.28. The predicted octanol–water partition coefficient (Wildman–Crippen LogP) is -1.62. The number of imide groups is 1. The second kappa shape index (κ2) is 22.0. The molecule has 344 valence electrons. The Morgan fingerprint density at radius 1 is 0.754 bits per heavy atom. The van der Waals surface area contributed by atoms with E-state index in [9.17, 15) is 38.4 Å². The smallest absolute Gasteiger partial charge is 0.325 e. The molecule has 9 amide bonds. The average Bonchev–Trinajstić information content (AvgIpc) is 4.01. The number of imidazole rings is 1. The minimum Gasteiger partial charge on any atom is -0.370 e. The number of urea groups is 1. The topological polar surface area (TPSA) is 347 Å². The molecular weight excluding hydrogens is 841 g/mol. The Labute approximate surface area is 373 Å². The molecular formula is C43H54N14O8. The van der Waals surface area contributed by atoms with Crippen LogP contribution in [-0.2, 0) is 52.8 Å². The summed E-state index contributed by atoms with van der Waals surface area (Å²) < 4.78 is 0. The first-order valence-corrected chi connectivity index (χ1v) is 21.3. The van der Waals surface area contributed by atoms with Crippen molar-refractivity contribution in [1.82, 2.24) is 51.8 Å². The summed E-state index contributed by atoms with van der Waals surface area (Å²) in [4.78, 5) is 125. The van der Waals surface area contributed by atoms with E-state index >= 15 is 0 Å².